The monoisotopic (exact) mass is 206 g/mol. The highest BCUT2D eigenvalue weighted by Crippen LogP contribution is 2.12. The standard InChI is InChI=1S/C12H14O3/c1-3-15-11-6-4-10(5-7-11)8-12(14)9(2)13/h4-7H,3,8H2,1-2H3. The molecule has 0 spiro atoms. The quantitative estimate of drug-likeness (QED) is 0.690. The van der Waals surface area contributed by atoms with Gasteiger partial charge in [0.1, 0.15) is 5.75 Å². The summed E-state index contributed by atoms with van der Waals surface area (Å²) in [5.74, 6) is 0.0135. The van der Waals surface area contributed by atoms with Crippen LogP contribution in [0.4, 0.5) is 0 Å². The minimum absolute atomic E-state index is 0.168. The summed E-state index contributed by atoms with van der Waals surface area (Å²) in [7, 11) is 0. The molecular weight excluding hydrogens is 192 g/mol. The van der Waals surface area contributed by atoms with Gasteiger partial charge in [0.05, 0.1) is 6.61 Å². The maximum absolute atomic E-state index is 11.1. The van der Waals surface area contributed by atoms with Crippen LogP contribution in [0.15, 0.2) is 24.3 Å². The summed E-state index contributed by atoms with van der Waals surface area (Å²) in [5.41, 5.74) is 0.832. The SMILES string of the molecule is CCOc1ccc(CC(=O)C(C)=O)cc1. The van der Waals surface area contributed by atoms with E-state index in [-0.39, 0.29) is 12.2 Å². The van der Waals surface area contributed by atoms with E-state index in [1.165, 1.54) is 6.92 Å². The third-order valence-corrected chi connectivity index (χ3v) is 1.99. The van der Waals surface area contributed by atoms with Crippen molar-refractivity contribution in [3.05, 3.63) is 29.8 Å². The normalized spacial score (nSPS) is 9.73. The molecule has 0 bridgehead atoms. The minimum Gasteiger partial charge on any atom is -0.494 e. The lowest BCUT2D eigenvalue weighted by Crippen LogP contribution is -2.12. The van der Waals surface area contributed by atoms with E-state index < -0.39 is 5.78 Å². The number of rotatable bonds is 5. The van der Waals surface area contributed by atoms with Crippen LogP contribution in [0.3, 0.4) is 0 Å². The lowest BCUT2D eigenvalue weighted by Gasteiger charge is -2.03. The average Bonchev–Trinajstić information content (AvgIpc) is 2.21. The van der Waals surface area contributed by atoms with Crippen molar-refractivity contribution in [2.24, 2.45) is 0 Å². The molecule has 0 heterocycles. The first kappa shape index (κ1) is 11.4. The molecule has 1 aromatic rings. The van der Waals surface area contributed by atoms with Gasteiger partial charge in [-0.15, -0.1) is 0 Å². The third kappa shape index (κ3) is 3.54. The molecule has 0 amide bonds. The van der Waals surface area contributed by atoms with Crippen molar-refractivity contribution in [3.63, 3.8) is 0 Å². The Hall–Kier alpha value is -1.64. The van der Waals surface area contributed by atoms with Crippen molar-refractivity contribution in [1.82, 2.24) is 0 Å². The molecule has 1 aromatic carbocycles. The van der Waals surface area contributed by atoms with Gasteiger partial charge in [-0.3, -0.25) is 9.59 Å². The first-order chi connectivity index (χ1) is 7.13. The molecule has 0 atom stereocenters. The molecule has 80 valence electrons. The zero-order valence-electron chi connectivity index (χ0n) is 8.95. The molecule has 1 rings (SSSR count). The molecule has 0 saturated heterocycles. The highest BCUT2D eigenvalue weighted by molar-refractivity contribution is 6.36. The number of carbonyl (C=O) groups is 2. The molecule has 0 unspecified atom stereocenters. The van der Waals surface area contributed by atoms with Gasteiger partial charge in [0.25, 0.3) is 0 Å². The first-order valence-electron chi connectivity index (χ1n) is 4.89. The van der Waals surface area contributed by atoms with Crippen LogP contribution < -0.4 is 4.74 Å². The summed E-state index contributed by atoms with van der Waals surface area (Å²) in [4.78, 5) is 21.9. The third-order valence-electron chi connectivity index (χ3n) is 1.99. The van der Waals surface area contributed by atoms with Crippen LogP contribution in [0.25, 0.3) is 0 Å². The Kier molecular flexibility index (Phi) is 4.03. The molecule has 0 N–H and O–H groups in total. The number of ketones is 2. The highest BCUT2D eigenvalue weighted by Gasteiger charge is 2.08. The maximum atomic E-state index is 11.1. The Balaban J connectivity index is 2.64. The molecule has 0 aromatic heterocycles. The molecule has 15 heavy (non-hydrogen) atoms. The van der Waals surface area contributed by atoms with E-state index in [1.807, 2.05) is 6.92 Å². The number of hydrogen-bond donors (Lipinski definition) is 0. The van der Waals surface area contributed by atoms with Gasteiger partial charge in [0.2, 0.25) is 5.78 Å². The topological polar surface area (TPSA) is 43.4 Å². The fourth-order valence-corrected chi connectivity index (χ4v) is 1.18. The highest BCUT2D eigenvalue weighted by atomic mass is 16.5. The number of Topliss-reactive ketones (excluding diaryl/α,β-unsaturated/α-hetero) is 2. The summed E-state index contributed by atoms with van der Waals surface area (Å²) < 4.78 is 5.26. The van der Waals surface area contributed by atoms with Gasteiger partial charge in [0.15, 0.2) is 5.78 Å². The fraction of sp³-hybridized carbons (Fsp3) is 0.333. The second-order valence-electron chi connectivity index (χ2n) is 3.23. The van der Waals surface area contributed by atoms with Gasteiger partial charge < -0.3 is 4.74 Å². The van der Waals surface area contributed by atoms with Gasteiger partial charge in [-0.2, -0.15) is 0 Å². The lowest BCUT2D eigenvalue weighted by atomic mass is 10.1. The fourth-order valence-electron chi connectivity index (χ4n) is 1.18. The van der Waals surface area contributed by atoms with Crippen molar-refractivity contribution in [3.8, 4) is 5.75 Å². The molecule has 0 aliphatic heterocycles. The molecule has 0 saturated carbocycles. The molecule has 0 aliphatic rings. The van der Waals surface area contributed by atoms with Gasteiger partial charge in [-0.05, 0) is 24.6 Å². The number of hydrogen-bond acceptors (Lipinski definition) is 3. The Morgan fingerprint density at radius 3 is 2.27 bits per heavy atom. The van der Waals surface area contributed by atoms with Crippen LogP contribution in [-0.2, 0) is 16.0 Å². The zero-order chi connectivity index (χ0) is 11.3. The predicted molar refractivity (Wildman–Crippen MR) is 57.0 cm³/mol. The van der Waals surface area contributed by atoms with Crippen LogP contribution in [-0.4, -0.2) is 18.2 Å². The Morgan fingerprint density at radius 1 is 1.20 bits per heavy atom. The molecule has 0 aliphatic carbocycles. The van der Waals surface area contributed by atoms with Crippen molar-refractivity contribution in [2.45, 2.75) is 20.3 Å². The summed E-state index contributed by atoms with van der Waals surface area (Å²) in [6.45, 7) is 3.82. The van der Waals surface area contributed by atoms with Crippen LogP contribution in [0.2, 0.25) is 0 Å². The summed E-state index contributed by atoms with van der Waals surface area (Å²) in [6.07, 6.45) is 0.168. The minimum atomic E-state index is -0.399. The summed E-state index contributed by atoms with van der Waals surface area (Å²) >= 11 is 0. The van der Waals surface area contributed by atoms with Crippen molar-refractivity contribution >= 4 is 11.6 Å². The molecule has 0 radical (unpaired) electrons. The molecular formula is C12H14O3. The Morgan fingerprint density at radius 2 is 1.80 bits per heavy atom. The summed E-state index contributed by atoms with van der Waals surface area (Å²) in [5, 5.41) is 0. The van der Waals surface area contributed by atoms with E-state index in [4.69, 9.17) is 4.74 Å². The average molecular weight is 206 g/mol. The van der Waals surface area contributed by atoms with Crippen LogP contribution in [0, 0.1) is 0 Å². The van der Waals surface area contributed by atoms with Gasteiger partial charge in [-0.25, -0.2) is 0 Å². The van der Waals surface area contributed by atoms with Crippen LogP contribution >= 0.6 is 0 Å². The zero-order valence-corrected chi connectivity index (χ0v) is 8.95. The second-order valence-corrected chi connectivity index (χ2v) is 3.23. The Bertz CT molecular complexity index is 352. The maximum Gasteiger partial charge on any atom is 0.202 e. The van der Waals surface area contributed by atoms with Crippen molar-refractivity contribution < 1.29 is 14.3 Å². The van der Waals surface area contributed by atoms with Crippen molar-refractivity contribution in [2.75, 3.05) is 6.61 Å². The molecule has 0 fully saturated rings. The number of benzene rings is 1. The van der Waals surface area contributed by atoms with E-state index in [9.17, 15) is 9.59 Å². The van der Waals surface area contributed by atoms with E-state index >= 15 is 0 Å². The smallest absolute Gasteiger partial charge is 0.202 e. The van der Waals surface area contributed by atoms with Gasteiger partial charge in [-0.1, -0.05) is 12.1 Å². The van der Waals surface area contributed by atoms with E-state index in [1.54, 1.807) is 24.3 Å². The van der Waals surface area contributed by atoms with Gasteiger partial charge >= 0.3 is 0 Å². The second kappa shape index (κ2) is 5.29. The van der Waals surface area contributed by atoms with E-state index in [2.05, 4.69) is 0 Å². The van der Waals surface area contributed by atoms with Crippen molar-refractivity contribution in [1.29, 1.82) is 0 Å². The summed E-state index contributed by atoms with van der Waals surface area (Å²) in [6, 6.07) is 7.19. The van der Waals surface area contributed by atoms with Crippen LogP contribution in [0.5, 0.6) is 5.75 Å². The molecule has 3 nitrogen and oxygen atoms in total. The Labute approximate surface area is 89.1 Å². The van der Waals surface area contributed by atoms with E-state index in [0.717, 1.165) is 11.3 Å². The lowest BCUT2D eigenvalue weighted by molar-refractivity contribution is -0.134. The number of ether oxygens (including phenoxy) is 1. The molecule has 3 heteroatoms. The largest absolute Gasteiger partial charge is 0.494 e. The van der Waals surface area contributed by atoms with E-state index in [0.29, 0.717) is 6.61 Å². The predicted octanol–water partition coefficient (Wildman–Crippen LogP) is 1.79. The van der Waals surface area contributed by atoms with Gasteiger partial charge in [0, 0.05) is 13.3 Å². The van der Waals surface area contributed by atoms with Crippen LogP contribution in [0.1, 0.15) is 19.4 Å². The first-order valence-corrected chi connectivity index (χ1v) is 4.89. The number of carbonyl (C=O) groups excluding carboxylic acids is 2.